The molecular weight excluding hydrogens is 233 g/mol. The predicted molar refractivity (Wildman–Crippen MR) is 57.7 cm³/mol. The van der Waals surface area contributed by atoms with Crippen LogP contribution in [0.5, 0.6) is 0 Å². The topological polar surface area (TPSA) is 38.0 Å². The van der Waals surface area contributed by atoms with E-state index >= 15 is 0 Å². The average molecular weight is 250 g/mol. The Morgan fingerprint density at radius 1 is 1.41 bits per heavy atom. The van der Waals surface area contributed by atoms with Crippen molar-refractivity contribution in [2.75, 3.05) is 0 Å². The first kappa shape index (κ1) is 14.0. The van der Waals surface area contributed by atoms with E-state index in [9.17, 15) is 18.3 Å². The van der Waals surface area contributed by atoms with Crippen LogP contribution in [0.1, 0.15) is 31.7 Å². The molecule has 6 heteroatoms. The van der Waals surface area contributed by atoms with Gasteiger partial charge in [-0.25, -0.2) is 0 Å². The summed E-state index contributed by atoms with van der Waals surface area (Å²) in [4.78, 5) is 0. The van der Waals surface area contributed by atoms with E-state index < -0.39 is 18.7 Å². The first-order valence-electron chi connectivity index (χ1n) is 5.66. The van der Waals surface area contributed by atoms with Crippen molar-refractivity contribution < 1.29 is 18.3 Å². The lowest BCUT2D eigenvalue weighted by Gasteiger charge is -2.13. The van der Waals surface area contributed by atoms with Crippen LogP contribution in [0, 0.1) is 0 Å². The van der Waals surface area contributed by atoms with E-state index in [2.05, 4.69) is 5.10 Å². The molecular formula is C11H17F3N2O. The summed E-state index contributed by atoms with van der Waals surface area (Å²) in [6, 6.07) is 1.75. The van der Waals surface area contributed by atoms with Gasteiger partial charge in [-0.3, -0.25) is 4.68 Å². The molecule has 17 heavy (non-hydrogen) atoms. The summed E-state index contributed by atoms with van der Waals surface area (Å²) >= 11 is 0. The maximum atomic E-state index is 12.1. The van der Waals surface area contributed by atoms with Gasteiger partial charge in [0.1, 0.15) is 0 Å². The zero-order valence-corrected chi connectivity index (χ0v) is 9.96. The van der Waals surface area contributed by atoms with Crippen LogP contribution in [0.3, 0.4) is 0 Å². The Labute approximate surface area is 98.2 Å². The van der Waals surface area contributed by atoms with Crippen molar-refractivity contribution in [2.45, 2.75) is 51.9 Å². The van der Waals surface area contributed by atoms with Crippen LogP contribution in [0.4, 0.5) is 13.2 Å². The van der Waals surface area contributed by atoms with E-state index in [-0.39, 0.29) is 6.42 Å². The van der Waals surface area contributed by atoms with E-state index in [4.69, 9.17) is 0 Å². The molecule has 3 nitrogen and oxygen atoms in total. The molecule has 0 saturated heterocycles. The normalized spacial score (nSPS) is 14.0. The summed E-state index contributed by atoms with van der Waals surface area (Å²) in [6.45, 7) is 4.39. The van der Waals surface area contributed by atoms with Gasteiger partial charge in [0.2, 0.25) is 0 Å². The van der Waals surface area contributed by atoms with Crippen LogP contribution in [0.15, 0.2) is 6.07 Å². The summed E-state index contributed by atoms with van der Waals surface area (Å²) in [7, 11) is 0. The zero-order chi connectivity index (χ0) is 13.1. The predicted octanol–water partition coefficient (Wildman–Crippen LogP) is 2.32. The van der Waals surface area contributed by atoms with Gasteiger partial charge in [0.15, 0.2) is 0 Å². The van der Waals surface area contributed by atoms with Crippen molar-refractivity contribution in [3.8, 4) is 0 Å². The van der Waals surface area contributed by atoms with E-state index in [0.29, 0.717) is 12.2 Å². The number of aryl methyl sites for hydroxylation is 2. The van der Waals surface area contributed by atoms with Crippen LogP contribution in [0.2, 0.25) is 0 Å². The molecule has 0 amide bonds. The highest BCUT2D eigenvalue weighted by Crippen LogP contribution is 2.23. The molecule has 1 heterocycles. The van der Waals surface area contributed by atoms with E-state index in [1.165, 1.54) is 0 Å². The smallest absolute Gasteiger partial charge is 0.391 e. The number of hydrogen-bond acceptors (Lipinski definition) is 2. The van der Waals surface area contributed by atoms with Gasteiger partial charge in [-0.2, -0.15) is 18.3 Å². The molecule has 1 N–H and O–H groups in total. The number of hydrogen-bond donors (Lipinski definition) is 1. The van der Waals surface area contributed by atoms with Gasteiger partial charge in [0.05, 0.1) is 18.2 Å². The molecule has 1 rings (SSSR count). The van der Waals surface area contributed by atoms with Gasteiger partial charge < -0.3 is 5.11 Å². The second-order valence-electron chi connectivity index (χ2n) is 3.97. The molecule has 0 saturated carbocycles. The van der Waals surface area contributed by atoms with Crippen LogP contribution in [-0.2, 0) is 19.4 Å². The van der Waals surface area contributed by atoms with Crippen LogP contribution < -0.4 is 0 Å². The number of aromatic nitrogens is 2. The molecule has 0 spiro atoms. The largest absolute Gasteiger partial charge is 0.392 e. The molecule has 0 aliphatic rings. The molecule has 0 bridgehead atoms. The summed E-state index contributed by atoms with van der Waals surface area (Å²) < 4.78 is 37.9. The van der Waals surface area contributed by atoms with Crippen molar-refractivity contribution >= 4 is 0 Å². The standard InChI is InChI=1S/C11H17F3N2O/c1-3-8-5-9(16(4-2)15-8)6-10(17)7-11(12,13)14/h5,10,17H,3-4,6-7H2,1-2H3. The van der Waals surface area contributed by atoms with Crippen molar-refractivity contribution in [3.05, 3.63) is 17.5 Å². The van der Waals surface area contributed by atoms with Gasteiger partial charge >= 0.3 is 6.18 Å². The van der Waals surface area contributed by atoms with Gasteiger partial charge in [0, 0.05) is 18.7 Å². The number of nitrogens with zero attached hydrogens (tertiary/aromatic N) is 2. The quantitative estimate of drug-likeness (QED) is 0.871. The summed E-state index contributed by atoms with van der Waals surface area (Å²) in [6.07, 6.45) is -6.19. The van der Waals surface area contributed by atoms with E-state index in [0.717, 1.165) is 12.1 Å². The minimum atomic E-state index is -4.33. The zero-order valence-electron chi connectivity index (χ0n) is 9.96. The summed E-state index contributed by atoms with van der Waals surface area (Å²) in [5.74, 6) is 0. The number of halogens is 3. The Hall–Kier alpha value is -1.04. The lowest BCUT2D eigenvalue weighted by molar-refractivity contribution is -0.153. The average Bonchev–Trinajstić information content (AvgIpc) is 2.57. The van der Waals surface area contributed by atoms with Gasteiger partial charge in [-0.05, 0) is 19.4 Å². The molecule has 0 aliphatic heterocycles. The van der Waals surface area contributed by atoms with Gasteiger partial charge in [0.25, 0.3) is 0 Å². The third-order valence-electron chi connectivity index (χ3n) is 2.49. The SMILES string of the molecule is CCc1cc(CC(O)CC(F)(F)F)n(CC)n1. The molecule has 1 aromatic rings. The Kier molecular flexibility index (Phi) is 4.56. The second kappa shape index (κ2) is 5.53. The Balaban J connectivity index is 2.70. The number of alkyl halides is 3. The Morgan fingerprint density at radius 3 is 2.53 bits per heavy atom. The molecule has 0 aliphatic carbocycles. The van der Waals surface area contributed by atoms with Crippen molar-refractivity contribution in [2.24, 2.45) is 0 Å². The maximum Gasteiger partial charge on any atom is 0.391 e. The third-order valence-corrected chi connectivity index (χ3v) is 2.49. The molecule has 1 aromatic heterocycles. The Bertz CT molecular complexity index is 360. The first-order valence-corrected chi connectivity index (χ1v) is 5.66. The lowest BCUT2D eigenvalue weighted by atomic mass is 10.1. The van der Waals surface area contributed by atoms with Crippen LogP contribution in [0.25, 0.3) is 0 Å². The number of aliphatic hydroxyl groups excluding tert-OH is 1. The molecule has 1 unspecified atom stereocenters. The van der Waals surface area contributed by atoms with Crippen molar-refractivity contribution in [3.63, 3.8) is 0 Å². The molecule has 0 radical (unpaired) electrons. The lowest BCUT2D eigenvalue weighted by Crippen LogP contribution is -2.22. The molecule has 0 aromatic carbocycles. The fraction of sp³-hybridized carbons (Fsp3) is 0.727. The summed E-state index contributed by atoms with van der Waals surface area (Å²) in [5, 5.41) is 13.6. The molecule has 0 fully saturated rings. The minimum Gasteiger partial charge on any atom is -0.392 e. The first-order chi connectivity index (χ1) is 7.85. The highest BCUT2D eigenvalue weighted by molar-refractivity contribution is 5.11. The van der Waals surface area contributed by atoms with Gasteiger partial charge in [-0.15, -0.1) is 0 Å². The Morgan fingerprint density at radius 2 is 2.06 bits per heavy atom. The second-order valence-corrected chi connectivity index (χ2v) is 3.97. The van der Waals surface area contributed by atoms with Crippen molar-refractivity contribution in [1.29, 1.82) is 0 Å². The highest BCUT2D eigenvalue weighted by atomic mass is 19.4. The summed E-state index contributed by atoms with van der Waals surface area (Å²) in [5.41, 5.74) is 1.49. The highest BCUT2D eigenvalue weighted by Gasteiger charge is 2.31. The monoisotopic (exact) mass is 250 g/mol. The number of rotatable bonds is 5. The molecule has 98 valence electrons. The van der Waals surface area contributed by atoms with E-state index in [1.807, 2.05) is 13.8 Å². The van der Waals surface area contributed by atoms with Gasteiger partial charge in [-0.1, -0.05) is 6.92 Å². The van der Waals surface area contributed by atoms with Crippen LogP contribution in [-0.4, -0.2) is 27.2 Å². The number of aliphatic hydroxyl groups is 1. The minimum absolute atomic E-state index is 0.0135. The maximum absolute atomic E-state index is 12.1. The molecule has 1 atom stereocenters. The third kappa shape index (κ3) is 4.38. The van der Waals surface area contributed by atoms with E-state index in [1.54, 1.807) is 10.7 Å². The fourth-order valence-electron chi connectivity index (χ4n) is 1.71. The van der Waals surface area contributed by atoms with Crippen LogP contribution >= 0.6 is 0 Å². The van der Waals surface area contributed by atoms with Crippen molar-refractivity contribution in [1.82, 2.24) is 9.78 Å². The fourth-order valence-corrected chi connectivity index (χ4v) is 1.71.